The maximum Gasteiger partial charge on any atom is 0.0957 e. The summed E-state index contributed by atoms with van der Waals surface area (Å²) in [4.78, 5) is 0. The average Bonchev–Trinajstić information content (AvgIpc) is 1.86. The van der Waals surface area contributed by atoms with Crippen molar-refractivity contribution in [2.45, 2.75) is 6.17 Å². The second kappa shape index (κ2) is 1.20. The van der Waals surface area contributed by atoms with Gasteiger partial charge in [0.15, 0.2) is 0 Å². The Labute approximate surface area is 37.2 Å². The van der Waals surface area contributed by atoms with Crippen LogP contribution >= 0.6 is 0 Å². The predicted octanol–water partition coefficient (Wildman–Crippen LogP) is -0.189. The van der Waals surface area contributed by atoms with Crippen LogP contribution in [-0.4, -0.2) is 6.17 Å². The van der Waals surface area contributed by atoms with Gasteiger partial charge in [-0.05, 0) is 6.92 Å². The Morgan fingerprint density at radius 3 is 2.00 bits per heavy atom. The Morgan fingerprint density at radius 2 is 1.83 bits per heavy atom. The van der Waals surface area contributed by atoms with Gasteiger partial charge in [0.25, 0.3) is 0 Å². The van der Waals surface area contributed by atoms with E-state index >= 15 is 0 Å². The first-order chi connectivity index (χ1) is 2.89. The van der Waals surface area contributed by atoms with E-state index in [0.717, 1.165) is 0 Å². The summed E-state index contributed by atoms with van der Waals surface area (Å²) in [6, 6.07) is 0. The molecule has 2 N–H and O–H groups in total. The van der Waals surface area contributed by atoms with Crippen molar-refractivity contribution in [2.75, 3.05) is 0 Å². The van der Waals surface area contributed by atoms with E-state index in [-0.39, 0.29) is 6.17 Å². The fraction of sp³-hybridized carbons (Fsp3) is 0.250. The maximum atomic E-state index is 3.65. The van der Waals surface area contributed by atoms with Crippen LogP contribution in [0.4, 0.5) is 0 Å². The lowest BCUT2D eigenvalue weighted by molar-refractivity contribution is 0.684. The van der Waals surface area contributed by atoms with Gasteiger partial charge in [-0.3, -0.25) is 0 Å². The lowest BCUT2D eigenvalue weighted by Crippen LogP contribution is -2.26. The Balaban J connectivity index is 2.32. The van der Waals surface area contributed by atoms with Crippen LogP contribution in [0.5, 0.6) is 0 Å². The number of hydrogen-bond acceptors (Lipinski definition) is 2. The van der Waals surface area contributed by atoms with Gasteiger partial charge in [-0.1, -0.05) is 0 Å². The zero-order valence-corrected chi connectivity index (χ0v) is 3.44. The van der Waals surface area contributed by atoms with E-state index in [2.05, 4.69) is 17.6 Å². The zero-order valence-electron chi connectivity index (χ0n) is 3.44. The summed E-state index contributed by atoms with van der Waals surface area (Å²) in [7, 11) is 0. The van der Waals surface area contributed by atoms with Crippen LogP contribution < -0.4 is 10.6 Å². The van der Waals surface area contributed by atoms with Crippen LogP contribution in [-0.2, 0) is 0 Å². The summed E-state index contributed by atoms with van der Waals surface area (Å²) in [5, 5.41) is 5.83. The highest BCUT2D eigenvalue weighted by Crippen LogP contribution is 1.79. The van der Waals surface area contributed by atoms with Crippen molar-refractivity contribution in [3.8, 4) is 0 Å². The molecule has 0 saturated heterocycles. The first-order valence-corrected chi connectivity index (χ1v) is 1.90. The van der Waals surface area contributed by atoms with Gasteiger partial charge in [-0.25, -0.2) is 0 Å². The third kappa shape index (κ3) is 0.455. The minimum atomic E-state index is 0.185. The molecule has 2 heteroatoms. The average molecular weight is 83.1 g/mol. The van der Waals surface area contributed by atoms with Gasteiger partial charge >= 0.3 is 0 Å². The van der Waals surface area contributed by atoms with Crippen LogP contribution in [0.2, 0.25) is 0 Å². The monoisotopic (exact) mass is 83.1 g/mol. The molecule has 1 radical (unpaired) electrons. The largest absolute Gasteiger partial charge is 0.370 e. The molecule has 0 fully saturated rings. The molecule has 0 spiro atoms. The summed E-state index contributed by atoms with van der Waals surface area (Å²) in [6.07, 6.45) is 3.85. The summed E-state index contributed by atoms with van der Waals surface area (Å²) >= 11 is 0. The molecule has 1 rings (SSSR count). The highest BCUT2D eigenvalue weighted by Gasteiger charge is 1.95. The molecule has 0 saturated carbocycles. The van der Waals surface area contributed by atoms with Gasteiger partial charge in [-0.15, -0.1) is 0 Å². The second-order valence-electron chi connectivity index (χ2n) is 1.22. The molecule has 0 bridgehead atoms. The van der Waals surface area contributed by atoms with Crippen molar-refractivity contribution in [1.29, 1.82) is 0 Å². The predicted molar refractivity (Wildman–Crippen MR) is 24.6 cm³/mol. The molecule has 0 aromatic heterocycles. The molecule has 1 aliphatic rings. The lowest BCUT2D eigenvalue weighted by atomic mass is 10.6. The van der Waals surface area contributed by atoms with E-state index in [0.29, 0.717) is 0 Å². The lowest BCUT2D eigenvalue weighted by Gasteiger charge is -2.00. The van der Waals surface area contributed by atoms with Gasteiger partial charge in [0.05, 0.1) is 6.17 Å². The zero-order chi connectivity index (χ0) is 4.41. The third-order valence-electron chi connectivity index (χ3n) is 0.678. The fourth-order valence-electron chi connectivity index (χ4n) is 0.377. The molecule has 0 aromatic carbocycles. The Hall–Kier alpha value is -0.660. The molecular weight excluding hydrogens is 76.1 g/mol. The molecule has 1 heterocycles. The Kier molecular flexibility index (Phi) is 0.708. The van der Waals surface area contributed by atoms with Crippen molar-refractivity contribution >= 4 is 0 Å². The van der Waals surface area contributed by atoms with E-state index in [1.807, 2.05) is 12.4 Å². The van der Waals surface area contributed by atoms with E-state index in [9.17, 15) is 0 Å². The van der Waals surface area contributed by atoms with Crippen molar-refractivity contribution in [2.24, 2.45) is 0 Å². The molecular formula is C4H7N2. The minimum Gasteiger partial charge on any atom is -0.370 e. The summed E-state index contributed by atoms with van der Waals surface area (Å²) < 4.78 is 0. The van der Waals surface area contributed by atoms with Crippen LogP contribution in [0.25, 0.3) is 0 Å². The quantitative estimate of drug-likeness (QED) is 0.424. The van der Waals surface area contributed by atoms with Crippen LogP contribution in [0, 0.1) is 6.92 Å². The minimum absolute atomic E-state index is 0.185. The number of nitrogens with one attached hydrogen (secondary N) is 2. The molecule has 6 heavy (non-hydrogen) atoms. The van der Waals surface area contributed by atoms with Crippen LogP contribution in [0.15, 0.2) is 12.4 Å². The van der Waals surface area contributed by atoms with Gasteiger partial charge in [0.2, 0.25) is 0 Å². The second-order valence-corrected chi connectivity index (χ2v) is 1.22. The smallest absolute Gasteiger partial charge is 0.0957 e. The highest BCUT2D eigenvalue weighted by molar-refractivity contribution is 4.91. The van der Waals surface area contributed by atoms with E-state index in [1.165, 1.54) is 0 Å². The Morgan fingerprint density at radius 1 is 1.33 bits per heavy atom. The van der Waals surface area contributed by atoms with Crippen LogP contribution in [0.1, 0.15) is 0 Å². The van der Waals surface area contributed by atoms with Gasteiger partial charge in [0.1, 0.15) is 0 Å². The third-order valence-corrected chi connectivity index (χ3v) is 0.678. The number of rotatable bonds is 0. The molecule has 0 aliphatic carbocycles. The van der Waals surface area contributed by atoms with E-state index in [4.69, 9.17) is 0 Å². The highest BCUT2D eigenvalue weighted by atomic mass is 15.1. The molecule has 33 valence electrons. The molecule has 0 atom stereocenters. The van der Waals surface area contributed by atoms with Crippen molar-refractivity contribution < 1.29 is 0 Å². The molecule has 0 amide bonds. The van der Waals surface area contributed by atoms with E-state index in [1.54, 1.807) is 0 Å². The molecule has 1 aliphatic heterocycles. The summed E-state index contributed by atoms with van der Waals surface area (Å²) in [5.41, 5.74) is 0. The van der Waals surface area contributed by atoms with Gasteiger partial charge in [-0.2, -0.15) is 0 Å². The fourth-order valence-corrected chi connectivity index (χ4v) is 0.377. The first kappa shape index (κ1) is 3.53. The Bertz CT molecular complexity index is 59.9. The van der Waals surface area contributed by atoms with Crippen molar-refractivity contribution in [3.05, 3.63) is 19.3 Å². The van der Waals surface area contributed by atoms with Crippen molar-refractivity contribution in [1.82, 2.24) is 10.6 Å². The van der Waals surface area contributed by atoms with Gasteiger partial charge in [0, 0.05) is 12.4 Å². The standard InChI is InChI=1S/C4H7N2/c1-4-5-2-3-6-4/h2-6H,1H2. The van der Waals surface area contributed by atoms with Crippen molar-refractivity contribution in [3.63, 3.8) is 0 Å². The molecule has 0 unspecified atom stereocenters. The maximum absolute atomic E-state index is 3.65. The first-order valence-electron chi connectivity index (χ1n) is 1.90. The SMILES string of the molecule is [CH2]C1NC=CN1. The van der Waals surface area contributed by atoms with Gasteiger partial charge < -0.3 is 10.6 Å². The normalized spacial score (nSPS) is 20.2. The molecule has 0 aromatic rings. The summed E-state index contributed by atoms with van der Waals surface area (Å²) in [5.74, 6) is 0. The van der Waals surface area contributed by atoms with E-state index < -0.39 is 0 Å². The summed E-state index contributed by atoms with van der Waals surface area (Å²) in [6.45, 7) is 3.65. The number of hydrogen-bond donors (Lipinski definition) is 2. The van der Waals surface area contributed by atoms with Crippen LogP contribution in [0.3, 0.4) is 0 Å². The topological polar surface area (TPSA) is 24.1 Å². The molecule has 2 nitrogen and oxygen atoms in total.